The van der Waals surface area contributed by atoms with Crippen LogP contribution >= 0.6 is 0 Å². The van der Waals surface area contributed by atoms with Crippen molar-refractivity contribution in [3.63, 3.8) is 0 Å². The monoisotopic (exact) mass is 197 g/mol. The zero-order valence-electron chi connectivity index (χ0n) is 8.57. The predicted octanol–water partition coefficient (Wildman–Crippen LogP) is 1.000. The summed E-state index contributed by atoms with van der Waals surface area (Å²) in [6, 6.07) is 1.78. The van der Waals surface area contributed by atoms with Gasteiger partial charge in [-0.1, -0.05) is 0 Å². The number of nitrogens with two attached hydrogens (primary N) is 1. The van der Waals surface area contributed by atoms with Gasteiger partial charge in [-0.15, -0.1) is 0 Å². The molecule has 0 aromatic carbocycles. The Hall–Kier alpha value is -1.00. The summed E-state index contributed by atoms with van der Waals surface area (Å²) in [7, 11) is 1.96. The van der Waals surface area contributed by atoms with Gasteiger partial charge in [-0.2, -0.15) is 0 Å². The minimum atomic E-state index is -0.295. The SMILES string of the molecule is CC(CN)N(C)Cc1cncc(F)c1. The molecule has 0 spiro atoms. The molecule has 1 heterocycles. The molecule has 0 amide bonds. The van der Waals surface area contributed by atoms with Crippen LogP contribution in [0.4, 0.5) is 4.39 Å². The summed E-state index contributed by atoms with van der Waals surface area (Å²) in [5.41, 5.74) is 6.39. The van der Waals surface area contributed by atoms with E-state index in [4.69, 9.17) is 5.73 Å². The predicted molar refractivity (Wildman–Crippen MR) is 54.2 cm³/mol. The molecule has 2 N–H and O–H groups in total. The fourth-order valence-electron chi connectivity index (χ4n) is 1.17. The van der Waals surface area contributed by atoms with Gasteiger partial charge in [0.1, 0.15) is 5.82 Å². The summed E-state index contributed by atoms with van der Waals surface area (Å²) < 4.78 is 12.8. The Morgan fingerprint density at radius 1 is 1.57 bits per heavy atom. The Bertz CT molecular complexity index is 290. The van der Waals surface area contributed by atoms with E-state index in [0.717, 1.165) is 5.56 Å². The summed E-state index contributed by atoms with van der Waals surface area (Å²) in [4.78, 5) is 5.86. The Morgan fingerprint density at radius 3 is 2.86 bits per heavy atom. The molecule has 0 fully saturated rings. The molecule has 1 unspecified atom stereocenters. The third-order valence-electron chi connectivity index (χ3n) is 2.29. The zero-order valence-corrected chi connectivity index (χ0v) is 8.57. The molecule has 4 heteroatoms. The number of hydrogen-bond donors (Lipinski definition) is 1. The van der Waals surface area contributed by atoms with Gasteiger partial charge in [0.05, 0.1) is 6.20 Å². The number of rotatable bonds is 4. The van der Waals surface area contributed by atoms with Crippen molar-refractivity contribution in [1.82, 2.24) is 9.88 Å². The summed E-state index contributed by atoms with van der Waals surface area (Å²) >= 11 is 0. The molecule has 0 aliphatic carbocycles. The lowest BCUT2D eigenvalue weighted by Gasteiger charge is -2.22. The number of hydrogen-bond acceptors (Lipinski definition) is 3. The van der Waals surface area contributed by atoms with Crippen molar-refractivity contribution in [1.29, 1.82) is 0 Å². The van der Waals surface area contributed by atoms with Crippen molar-refractivity contribution in [2.45, 2.75) is 19.5 Å². The molecule has 1 aromatic heterocycles. The highest BCUT2D eigenvalue weighted by Gasteiger charge is 2.07. The smallest absolute Gasteiger partial charge is 0.141 e. The van der Waals surface area contributed by atoms with Crippen molar-refractivity contribution >= 4 is 0 Å². The lowest BCUT2D eigenvalue weighted by atomic mass is 10.2. The van der Waals surface area contributed by atoms with Crippen LogP contribution in [-0.2, 0) is 6.54 Å². The second-order valence-electron chi connectivity index (χ2n) is 3.51. The topological polar surface area (TPSA) is 42.1 Å². The summed E-state index contributed by atoms with van der Waals surface area (Å²) in [6.07, 6.45) is 2.87. The Labute approximate surface area is 83.7 Å². The average Bonchev–Trinajstić information content (AvgIpc) is 2.16. The molecule has 1 aromatic rings. The zero-order chi connectivity index (χ0) is 10.6. The van der Waals surface area contributed by atoms with Gasteiger partial charge in [0.15, 0.2) is 0 Å². The maximum absolute atomic E-state index is 12.8. The maximum atomic E-state index is 12.8. The first-order chi connectivity index (χ1) is 6.63. The van der Waals surface area contributed by atoms with E-state index in [2.05, 4.69) is 9.88 Å². The van der Waals surface area contributed by atoms with Crippen LogP contribution < -0.4 is 5.73 Å². The quantitative estimate of drug-likeness (QED) is 0.783. The van der Waals surface area contributed by atoms with Crippen LogP contribution in [0.2, 0.25) is 0 Å². The normalized spacial score (nSPS) is 13.2. The van der Waals surface area contributed by atoms with E-state index in [1.807, 2.05) is 14.0 Å². The fourth-order valence-corrected chi connectivity index (χ4v) is 1.17. The standard InChI is InChI=1S/C10H16FN3/c1-8(4-12)14(2)7-9-3-10(11)6-13-5-9/h3,5-6,8H,4,7,12H2,1-2H3. The van der Waals surface area contributed by atoms with E-state index in [0.29, 0.717) is 19.1 Å². The second-order valence-corrected chi connectivity index (χ2v) is 3.51. The molecule has 0 saturated heterocycles. The second kappa shape index (κ2) is 5.02. The van der Waals surface area contributed by atoms with E-state index in [-0.39, 0.29) is 5.82 Å². The largest absolute Gasteiger partial charge is 0.329 e. The van der Waals surface area contributed by atoms with Crippen molar-refractivity contribution in [3.8, 4) is 0 Å². The maximum Gasteiger partial charge on any atom is 0.141 e. The van der Waals surface area contributed by atoms with Gasteiger partial charge in [0.25, 0.3) is 0 Å². The molecule has 1 rings (SSSR count). The Balaban J connectivity index is 2.60. The first-order valence-corrected chi connectivity index (χ1v) is 4.63. The van der Waals surface area contributed by atoms with Gasteiger partial charge >= 0.3 is 0 Å². The minimum absolute atomic E-state index is 0.290. The summed E-state index contributed by atoms with van der Waals surface area (Å²) in [5, 5.41) is 0. The molecule has 3 nitrogen and oxygen atoms in total. The first kappa shape index (κ1) is 11.1. The molecule has 0 aliphatic rings. The van der Waals surface area contributed by atoms with Crippen LogP contribution in [-0.4, -0.2) is 29.5 Å². The molecule has 14 heavy (non-hydrogen) atoms. The van der Waals surface area contributed by atoms with E-state index in [1.54, 1.807) is 6.20 Å². The molecule has 1 atom stereocenters. The van der Waals surface area contributed by atoms with E-state index in [1.165, 1.54) is 12.3 Å². The number of likely N-dealkylation sites (N-methyl/N-ethyl adjacent to an activating group) is 1. The fraction of sp³-hybridized carbons (Fsp3) is 0.500. The minimum Gasteiger partial charge on any atom is -0.329 e. The average molecular weight is 197 g/mol. The van der Waals surface area contributed by atoms with Crippen LogP contribution in [0.5, 0.6) is 0 Å². The van der Waals surface area contributed by atoms with Gasteiger partial charge in [-0.3, -0.25) is 9.88 Å². The van der Waals surface area contributed by atoms with Gasteiger partial charge in [0, 0.05) is 25.3 Å². The lowest BCUT2D eigenvalue weighted by molar-refractivity contribution is 0.254. The highest BCUT2D eigenvalue weighted by Crippen LogP contribution is 2.05. The van der Waals surface area contributed by atoms with Crippen LogP contribution in [0.15, 0.2) is 18.5 Å². The molecule has 0 bridgehead atoms. The van der Waals surface area contributed by atoms with E-state index >= 15 is 0 Å². The molecular weight excluding hydrogens is 181 g/mol. The van der Waals surface area contributed by atoms with E-state index < -0.39 is 0 Å². The third-order valence-corrected chi connectivity index (χ3v) is 2.29. The lowest BCUT2D eigenvalue weighted by Crippen LogP contribution is -2.34. The highest BCUT2D eigenvalue weighted by atomic mass is 19.1. The van der Waals surface area contributed by atoms with Crippen molar-refractivity contribution in [2.75, 3.05) is 13.6 Å². The van der Waals surface area contributed by atoms with Crippen LogP contribution in [0.25, 0.3) is 0 Å². The molecule has 0 radical (unpaired) electrons. The first-order valence-electron chi connectivity index (χ1n) is 4.63. The van der Waals surface area contributed by atoms with Crippen LogP contribution in [0.1, 0.15) is 12.5 Å². The highest BCUT2D eigenvalue weighted by molar-refractivity contribution is 5.09. The van der Waals surface area contributed by atoms with Gasteiger partial charge < -0.3 is 5.73 Å². The molecule has 0 saturated carbocycles. The molecular formula is C10H16FN3. The van der Waals surface area contributed by atoms with Gasteiger partial charge in [-0.25, -0.2) is 4.39 Å². The summed E-state index contributed by atoms with van der Waals surface area (Å²) in [5.74, 6) is -0.295. The van der Waals surface area contributed by atoms with E-state index in [9.17, 15) is 4.39 Å². The van der Waals surface area contributed by atoms with Crippen LogP contribution in [0.3, 0.4) is 0 Å². The van der Waals surface area contributed by atoms with Gasteiger partial charge in [-0.05, 0) is 25.6 Å². The van der Waals surface area contributed by atoms with Gasteiger partial charge in [0.2, 0.25) is 0 Å². The summed E-state index contributed by atoms with van der Waals surface area (Å²) in [6.45, 7) is 3.30. The number of pyridine rings is 1. The molecule has 78 valence electrons. The van der Waals surface area contributed by atoms with Crippen molar-refractivity contribution in [3.05, 3.63) is 29.8 Å². The molecule has 0 aliphatic heterocycles. The third kappa shape index (κ3) is 3.05. The van der Waals surface area contributed by atoms with Crippen molar-refractivity contribution < 1.29 is 4.39 Å². The number of aromatic nitrogens is 1. The number of halogens is 1. The van der Waals surface area contributed by atoms with Crippen molar-refractivity contribution in [2.24, 2.45) is 5.73 Å². The number of nitrogens with zero attached hydrogens (tertiary/aromatic N) is 2. The Kier molecular flexibility index (Phi) is 3.98. The van der Waals surface area contributed by atoms with Crippen LogP contribution in [0, 0.1) is 5.82 Å². The Morgan fingerprint density at radius 2 is 2.29 bits per heavy atom.